The summed E-state index contributed by atoms with van der Waals surface area (Å²) in [4.78, 5) is 8.52. The van der Waals surface area contributed by atoms with Crippen molar-refractivity contribution < 1.29 is 8.68 Å². The van der Waals surface area contributed by atoms with Gasteiger partial charge in [0.15, 0.2) is 5.52 Å². The summed E-state index contributed by atoms with van der Waals surface area (Å²) in [5.41, 5.74) is 5.36. The van der Waals surface area contributed by atoms with E-state index in [0.717, 1.165) is 33.4 Å². The van der Waals surface area contributed by atoms with Crippen molar-refractivity contribution in [2.75, 3.05) is 0 Å². The second-order valence-corrected chi connectivity index (χ2v) is 6.51. The highest BCUT2D eigenvalue weighted by Crippen LogP contribution is 2.36. The molecule has 0 spiro atoms. The molecule has 4 aromatic heterocycles. The standard InChI is InChI=1S/C21H16N5/c1-24-19-17-12-23-10-8-18(17)26(15-5-3-2-4-6-15)21(19)25-13-14-11-22-9-7-16(14)20(24)25/h2-12H,13H2,1H3/q+1/i1D3. The van der Waals surface area contributed by atoms with Crippen LogP contribution in [0, 0.1) is 0 Å². The highest BCUT2D eigenvalue weighted by Gasteiger charge is 2.35. The molecule has 0 radical (unpaired) electrons. The molecule has 0 atom stereocenters. The first-order valence-electron chi connectivity index (χ1n) is 9.97. The zero-order valence-electron chi connectivity index (χ0n) is 16.8. The minimum Gasteiger partial charge on any atom is -0.264 e. The lowest BCUT2D eigenvalue weighted by Gasteiger charge is -2.03. The normalized spacial score (nSPS) is 14.8. The van der Waals surface area contributed by atoms with Gasteiger partial charge in [-0.3, -0.25) is 14.5 Å². The molecule has 5 heteroatoms. The molecule has 124 valence electrons. The van der Waals surface area contributed by atoms with Gasteiger partial charge >= 0.3 is 0 Å². The van der Waals surface area contributed by atoms with Gasteiger partial charge in [0.2, 0.25) is 5.82 Å². The van der Waals surface area contributed by atoms with Crippen LogP contribution in [0.3, 0.4) is 0 Å². The number of benzene rings is 1. The largest absolute Gasteiger partial charge is 0.275 e. The number of fused-ring (bicyclic) bond motifs is 7. The Balaban J connectivity index is 1.87. The lowest BCUT2D eigenvalue weighted by atomic mass is 10.2. The molecule has 1 aromatic carbocycles. The van der Waals surface area contributed by atoms with E-state index in [1.54, 1.807) is 18.6 Å². The summed E-state index contributed by atoms with van der Waals surface area (Å²) in [6.07, 6.45) is 7.02. The second kappa shape index (κ2) is 4.79. The Morgan fingerprint density at radius 3 is 2.77 bits per heavy atom. The number of imidazole rings is 1. The first-order chi connectivity index (χ1) is 14.1. The molecule has 0 amide bonds. The van der Waals surface area contributed by atoms with Crippen LogP contribution in [0.1, 0.15) is 9.68 Å². The fourth-order valence-electron chi connectivity index (χ4n) is 4.10. The Hall–Kier alpha value is -3.47. The van der Waals surface area contributed by atoms with Crippen LogP contribution in [0.15, 0.2) is 67.3 Å². The van der Waals surface area contributed by atoms with Crippen molar-refractivity contribution in [3.8, 4) is 17.1 Å². The first kappa shape index (κ1) is 11.2. The molecule has 26 heavy (non-hydrogen) atoms. The summed E-state index contributed by atoms with van der Waals surface area (Å²) in [5, 5.41) is 0.819. The van der Waals surface area contributed by atoms with Gasteiger partial charge in [-0.05, 0) is 24.3 Å². The molecule has 5 heterocycles. The van der Waals surface area contributed by atoms with E-state index in [-0.39, 0.29) is 0 Å². The Morgan fingerprint density at radius 2 is 1.88 bits per heavy atom. The first-order valence-corrected chi connectivity index (χ1v) is 8.47. The van der Waals surface area contributed by atoms with E-state index in [1.165, 1.54) is 4.57 Å². The van der Waals surface area contributed by atoms with E-state index in [1.807, 2.05) is 48.7 Å². The third-order valence-corrected chi connectivity index (χ3v) is 5.15. The SMILES string of the molecule is [2H]C([2H])([2H])n1c2[n+](c3c1c1cnccc1n3-c1ccccc1)Cc1cnccc1-2. The van der Waals surface area contributed by atoms with Crippen LogP contribution in [0.5, 0.6) is 0 Å². The van der Waals surface area contributed by atoms with Crippen LogP contribution >= 0.6 is 0 Å². The molecule has 0 fully saturated rings. The number of aryl methyl sites for hydroxylation is 1. The molecule has 0 aliphatic carbocycles. The summed E-state index contributed by atoms with van der Waals surface area (Å²) in [7, 11) is 0. The van der Waals surface area contributed by atoms with Crippen LogP contribution < -0.4 is 4.57 Å². The zero-order chi connectivity index (χ0) is 19.8. The topological polar surface area (TPSA) is 39.5 Å². The zero-order valence-corrected chi connectivity index (χ0v) is 13.8. The van der Waals surface area contributed by atoms with Gasteiger partial charge in [-0.25, -0.2) is 9.13 Å². The van der Waals surface area contributed by atoms with E-state index in [4.69, 9.17) is 4.11 Å². The van der Waals surface area contributed by atoms with E-state index in [2.05, 4.69) is 19.1 Å². The summed E-state index contributed by atoms with van der Waals surface area (Å²) >= 11 is 0. The molecule has 0 unspecified atom stereocenters. The molecule has 1 aliphatic heterocycles. The molecule has 1 aliphatic rings. The molecule has 5 aromatic rings. The number of aromatic nitrogens is 5. The summed E-state index contributed by atoms with van der Waals surface area (Å²) in [6, 6.07) is 13.8. The van der Waals surface area contributed by atoms with Crippen LogP contribution in [0.25, 0.3) is 39.1 Å². The van der Waals surface area contributed by atoms with Crippen LogP contribution in [-0.2, 0) is 13.5 Å². The Bertz CT molecular complexity index is 1410. The number of hydrogen-bond acceptors (Lipinski definition) is 2. The average molecular weight is 341 g/mol. The molecular formula is C21H16N5+. The highest BCUT2D eigenvalue weighted by molar-refractivity contribution is 6.05. The predicted molar refractivity (Wildman–Crippen MR) is 100 cm³/mol. The van der Waals surface area contributed by atoms with Gasteiger partial charge in [-0.1, -0.05) is 18.2 Å². The number of pyridine rings is 2. The maximum Gasteiger partial charge on any atom is 0.275 e. The number of rotatable bonds is 1. The van der Waals surface area contributed by atoms with E-state index in [0.29, 0.717) is 17.9 Å². The second-order valence-electron chi connectivity index (χ2n) is 6.51. The van der Waals surface area contributed by atoms with E-state index < -0.39 is 6.98 Å². The van der Waals surface area contributed by atoms with Gasteiger partial charge in [0.25, 0.3) is 5.65 Å². The van der Waals surface area contributed by atoms with Gasteiger partial charge in [0, 0.05) is 30.4 Å². The third-order valence-electron chi connectivity index (χ3n) is 5.15. The molecule has 5 nitrogen and oxygen atoms in total. The molecule has 0 saturated carbocycles. The predicted octanol–water partition coefficient (Wildman–Crippen LogP) is 3.23. The third kappa shape index (κ3) is 1.57. The van der Waals surface area contributed by atoms with Crippen molar-refractivity contribution in [1.82, 2.24) is 19.1 Å². The van der Waals surface area contributed by atoms with Crippen LogP contribution in [-0.4, -0.2) is 19.1 Å². The summed E-state index contributed by atoms with van der Waals surface area (Å²) in [6.45, 7) is -1.76. The van der Waals surface area contributed by atoms with Gasteiger partial charge < -0.3 is 0 Å². The molecular weight excluding hydrogens is 322 g/mol. The van der Waals surface area contributed by atoms with Crippen molar-refractivity contribution in [3.63, 3.8) is 0 Å². The smallest absolute Gasteiger partial charge is 0.264 e. The fraction of sp³-hybridized carbons (Fsp3) is 0.0952. The van der Waals surface area contributed by atoms with E-state index >= 15 is 0 Å². The maximum atomic E-state index is 8.31. The van der Waals surface area contributed by atoms with Gasteiger partial charge in [-0.15, -0.1) is 0 Å². The molecule has 0 saturated heterocycles. The van der Waals surface area contributed by atoms with Gasteiger partial charge in [-0.2, -0.15) is 0 Å². The van der Waals surface area contributed by atoms with Crippen molar-refractivity contribution in [3.05, 3.63) is 72.8 Å². The van der Waals surface area contributed by atoms with Gasteiger partial charge in [0.05, 0.1) is 28.6 Å². The summed E-state index contributed by atoms with van der Waals surface area (Å²) < 4.78 is 30.6. The van der Waals surface area contributed by atoms with E-state index in [9.17, 15) is 0 Å². The van der Waals surface area contributed by atoms with Gasteiger partial charge in [0.1, 0.15) is 11.2 Å². The van der Waals surface area contributed by atoms with Crippen LogP contribution in [0.4, 0.5) is 0 Å². The fourth-order valence-corrected chi connectivity index (χ4v) is 4.10. The average Bonchev–Trinajstić information content (AvgIpc) is 3.34. The lowest BCUT2D eigenvalue weighted by Crippen LogP contribution is -2.33. The quantitative estimate of drug-likeness (QED) is 0.431. The van der Waals surface area contributed by atoms with Crippen molar-refractivity contribution >= 4 is 22.1 Å². The number of para-hydroxylation sites is 1. The van der Waals surface area contributed by atoms with Crippen molar-refractivity contribution in [2.45, 2.75) is 6.54 Å². The monoisotopic (exact) mass is 341 g/mol. The molecule has 0 N–H and O–H groups in total. The summed E-state index contributed by atoms with van der Waals surface area (Å²) in [5.74, 6) is 0.683. The van der Waals surface area contributed by atoms with Crippen LogP contribution in [0.2, 0.25) is 0 Å². The van der Waals surface area contributed by atoms with Crippen molar-refractivity contribution in [1.29, 1.82) is 0 Å². The minimum atomic E-state index is -2.34. The molecule has 6 rings (SSSR count). The Labute approximate surface area is 154 Å². The van der Waals surface area contributed by atoms with Crippen molar-refractivity contribution in [2.24, 2.45) is 6.98 Å². The maximum absolute atomic E-state index is 8.31. The Morgan fingerprint density at radius 1 is 1.04 bits per heavy atom. The number of nitrogens with zero attached hydrogens (tertiary/aromatic N) is 5. The Kier molecular flexibility index (Phi) is 2.06. The lowest BCUT2D eigenvalue weighted by molar-refractivity contribution is -0.648. The highest BCUT2D eigenvalue weighted by atomic mass is 15.2. The minimum absolute atomic E-state index is 0.578. The number of hydrogen-bond donors (Lipinski definition) is 0. The molecule has 0 bridgehead atoms.